The third-order valence-corrected chi connectivity index (χ3v) is 8.52. The molecule has 1 aliphatic rings. The van der Waals surface area contributed by atoms with Crippen LogP contribution < -0.4 is 14.4 Å². The van der Waals surface area contributed by atoms with Gasteiger partial charge < -0.3 is 9.47 Å². The molecular weight excluding hydrogens is 500 g/mol. The van der Waals surface area contributed by atoms with E-state index in [2.05, 4.69) is 20.3 Å². The molecule has 178 valence electrons. The van der Waals surface area contributed by atoms with Gasteiger partial charge in [-0.05, 0) is 36.8 Å². The van der Waals surface area contributed by atoms with E-state index in [1.54, 1.807) is 36.4 Å². The highest BCUT2D eigenvalue weighted by molar-refractivity contribution is 8.01. The molecule has 0 unspecified atom stereocenters. The summed E-state index contributed by atoms with van der Waals surface area (Å²) in [5.74, 6) is -0.633. The minimum absolute atomic E-state index is 0.0628. The second-order valence-corrected chi connectivity index (χ2v) is 11.2. The lowest BCUT2D eigenvalue weighted by Gasteiger charge is -2.34. The molecule has 0 bridgehead atoms. The van der Waals surface area contributed by atoms with Crippen molar-refractivity contribution >= 4 is 55.8 Å². The standard InChI is InChI=1S/C21H20N4O6S3/c1-13-8-9-16-15(10-13)25(34(28,29)14-6-4-3-5-7-14)11-17(31-16)19(27)22-20-23-24-21(33-20)32-12-18(26)30-2/h3-10,17H,11-12H2,1-2H3,(H,22,23,27)/t17-/m0/s1. The van der Waals surface area contributed by atoms with Crippen molar-refractivity contribution in [1.29, 1.82) is 0 Å². The number of rotatable bonds is 7. The van der Waals surface area contributed by atoms with Crippen LogP contribution in [0.25, 0.3) is 0 Å². The molecule has 0 spiro atoms. The number of fused-ring (bicyclic) bond motifs is 1. The number of benzene rings is 2. The summed E-state index contributed by atoms with van der Waals surface area (Å²) in [5, 5.41) is 10.6. The Morgan fingerprint density at radius 3 is 2.74 bits per heavy atom. The fourth-order valence-electron chi connectivity index (χ4n) is 3.13. The van der Waals surface area contributed by atoms with Crippen LogP contribution >= 0.6 is 23.1 Å². The van der Waals surface area contributed by atoms with Crippen molar-refractivity contribution in [3.05, 3.63) is 54.1 Å². The fourth-order valence-corrected chi connectivity index (χ4v) is 6.21. The predicted octanol–water partition coefficient (Wildman–Crippen LogP) is 2.71. The normalized spacial score (nSPS) is 15.2. The fraction of sp³-hybridized carbons (Fsp3) is 0.238. The van der Waals surface area contributed by atoms with E-state index in [9.17, 15) is 18.0 Å². The van der Waals surface area contributed by atoms with Crippen LogP contribution in [0.1, 0.15) is 5.56 Å². The van der Waals surface area contributed by atoms with E-state index in [0.717, 1.165) is 28.7 Å². The molecule has 0 radical (unpaired) electrons. The number of amides is 1. The molecule has 0 aliphatic carbocycles. The third-order valence-electron chi connectivity index (χ3n) is 4.79. The molecule has 0 fully saturated rings. The van der Waals surface area contributed by atoms with E-state index in [0.29, 0.717) is 10.0 Å². The first-order valence-electron chi connectivity index (χ1n) is 9.97. The van der Waals surface area contributed by atoms with Crippen molar-refractivity contribution in [2.75, 3.05) is 29.0 Å². The highest BCUT2D eigenvalue weighted by Crippen LogP contribution is 2.38. The SMILES string of the molecule is COC(=O)CSc1nnc(NC(=O)[C@@H]2CN(S(=O)(=O)c3ccccc3)c3cc(C)ccc3O2)s1. The van der Waals surface area contributed by atoms with Gasteiger partial charge in [-0.3, -0.25) is 19.2 Å². The van der Waals surface area contributed by atoms with Gasteiger partial charge in [0.05, 0.1) is 30.0 Å². The van der Waals surface area contributed by atoms with Gasteiger partial charge >= 0.3 is 5.97 Å². The van der Waals surface area contributed by atoms with Gasteiger partial charge in [0, 0.05) is 0 Å². The zero-order valence-corrected chi connectivity index (χ0v) is 20.6. The van der Waals surface area contributed by atoms with E-state index in [1.165, 1.54) is 23.5 Å². The Balaban J connectivity index is 1.56. The number of thioether (sulfide) groups is 1. The van der Waals surface area contributed by atoms with E-state index in [4.69, 9.17) is 4.74 Å². The summed E-state index contributed by atoms with van der Waals surface area (Å²) in [6.45, 7) is 1.62. The van der Waals surface area contributed by atoms with Crippen molar-refractivity contribution < 1.29 is 27.5 Å². The lowest BCUT2D eigenvalue weighted by molar-refractivity contribution is -0.137. The molecule has 1 N–H and O–H groups in total. The molecule has 1 aliphatic heterocycles. The minimum Gasteiger partial charge on any atom is -0.476 e. The van der Waals surface area contributed by atoms with Gasteiger partial charge in [0.2, 0.25) is 5.13 Å². The zero-order chi connectivity index (χ0) is 24.3. The number of hydrogen-bond donors (Lipinski definition) is 1. The molecule has 13 heteroatoms. The Morgan fingerprint density at radius 1 is 1.24 bits per heavy atom. The first-order chi connectivity index (χ1) is 16.3. The quantitative estimate of drug-likeness (QED) is 0.284. The second kappa shape index (κ2) is 9.99. The Bertz CT molecular complexity index is 1310. The monoisotopic (exact) mass is 520 g/mol. The first-order valence-corrected chi connectivity index (χ1v) is 13.2. The summed E-state index contributed by atoms with van der Waals surface area (Å²) in [4.78, 5) is 24.4. The van der Waals surface area contributed by atoms with Gasteiger partial charge in [0.15, 0.2) is 10.4 Å². The Morgan fingerprint density at radius 2 is 2.00 bits per heavy atom. The maximum Gasteiger partial charge on any atom is 0.316 e. The lowest BCUT2D eigenvalue weighted by atomic mass is 10.1. The number of ether oxygens (including phenoxy) is 2. The number of carbonyl (C=O) groups is 2. The van der Waals surface area contributed by atoms with Crippen molar-refractivity contribution in [2.45, 2.75) is 22.3 Å². The van der Waals surface area contributed by atoms with Crippen LogP contribution in [0.15, 0.2) is 57.8 Å². The molecule has 1 amide bonds. The van der Waals surface area contributed by atoms with Gasteiger partial charge in [0.25, 0.3) is 15.9 Å². The summed E-state index contributed by atoms with van der Waals surface area (Å²) in [6.07, 6.45) is -1.12. The van der Waals surface area contributed by atoms with Gasteiger partial charge in [-0.15, -0.1) is 10.2 Å². The number of aromatic nitrogens is 2. The van der Waals surface area contributed by atoms with Crippen LogP contribution in [-0.4, -0.2) is 56.0 Å². The highest BCUT2D eigenvalue weighted by Gasteiger charge is 2.38. The van der Waals surface area contributed by atoms with Crippen LogP contribution in [0.2, 0.25) is 0 Å². The van der Waals surface area contributed by atoms with E-state index < -0.39 is 28.0 Å². The van der Waals surface area contributed by atoms with Gasteiger partial charge in [0.1, 0.15) is 5.75 Å². The number of sulfonamides is 1. The summed E-state index contributed by atoms with van der Waals surface area (Å²) < 4.78 is 38.9. The number of esters is 1. The topological polar surface area (TPSA) is 128 Å². The molecule has 1 aromatic heterocycles. The second-order valence-electron chi connectivity index (χ2n) is 7.15. The largest absolute Gasteiger partial charge is 0.476 e. The number of carbonyl (C=O) groups excluding carboxylic acids is 2. The summed E-state index contributed by atoms with van der Waals surface area (Å²) in [6, 6.07) is 13.1. The number of nitrogens with one attached hydrogen (secondary N) is 1. The predicted molar refractivity (Wildman–Crippen MR) is 128 cm³/mol. The average molecular weight is 521 g/mol. The number of anilines is 2. The summed E-state index contributed by atoms with van der Waals surface area (Å²) in [5.41, 5.74) is 1.22. The van der Waals surface area contributed by atoms with Crippen molar-refractivity contribution in [2.24, 2.45) is 0 Å². The van der Waals surface area contributed by atoms with Crippen LogP contribution in [-0.2, 0) is 24.3 Å². The van der Waals surface area contributed by atoms with E-state index >= 15 is 0 Å². The lowest BCUT2D eigenvalue weighted by Crippen LogP contribution is -2.48. The van der Waals surface area contributed by atoms with Gasteiger partial charge in [-0.2, -0.15) is 0 Å². The Labute approximate surface area is 204 Å². The van der Waals surface area contributed by atoms with Crippen LogP contribution in [0.3, 0.4) is 0 Å². The van der Waals surface area contributed by atoms with Gasteiger partial charge in [-0.25, -0.2) is 8.42 Å². The molecule has 2 aromatic carbocycles. The maximum absolute atomic E-state index is 13.4. The molecule has 3 aromatic rings. The van der Waals surface area contributed by atoms with Crippen LogP contribution in [0.5, 0.6) is 5.75 Å². The Hall–Kier alpha value is -3.16. The first kappa shape index (κ1) is 24.0. The van der Waals surface area contributed by atoms with Crippen molar-refractivity contribution in [3.8, 4) is 5.75 Å². The van der Waals surface area contributed by atoms with Crippen LogP contribution in [0, 0.1) is 6.92 Å². The van der Waals surface area contributed by atoms with Gasteiger partial charge in [-0.1, -0.05) is 47.4 Å². The molecule has 0 saturated carbocycles. The molecule has 2 heterocycles. The number of nitrogens with zero attached hydrogens (tertiary/aromatic N) is 3. The third kappa shape index (κ3) is 5.16. The number of methoxy groups -OCH3 is 1. The van der Waals surface area contributed by atoms with E-state index in [-0.39, 0.29) is 28.1 Å². The van der Waals surface area contributed by atoms with Crippen molar-refractivity contribution in [3.63, 3.8) is 0 Å². The summed E-state index contributed by atoms with van der Waals surface area (Å²) in [7, 11) is -2.65. The molecule has 0 saturated heterocycles. The zero-order valence-electron chi connectivity index (χ0n) is 18.1. The minimum atomic E-state index is -3.94. The molecule has 10 nitrogen and oxygen atoms in total. The maximum atomic E-state index is 13.4. The molecule has 34 heavy (non-hydrogen) atoms. The molecular formula is C21H20N4O6S3. The average Bonchev–Trinajstić information content (AvgIpc) is 3.29. The van der Waals surface area contributed by atoms with E-state index in [1.807, 2.05) is 6.92 Å². The number of aryl methyl sites for hydroxylation is 1. The smallest absolute Gasteiger partial charge is 0.316 e. The Kier molecular flexibility index (Phi) is 7.05. The summed E-state index contributed by atoms with van der Waals surface area (Å²) >= 11 is 2.21. The van der Waals surface area contributed by atoms with Crippen LogP contribution in [0.4, 0.5) is 10.8 Å². The molecule has 4 rings (SSSR count). The van der Waals surface area contributed by atoms with Crippen molar-refractivity contribution in [1.82, 2.24) is 10.2 Å². The number of hydrogen-bond acceptors (Lipinski definition) is 10. The molecule has 1 atom stereocenters. The highest BCUT2D eigenvalue weighted by atomic mass is 32.2.